The van der Waals surface area contributed by atoms with E-state index in [4.69, 9.17) is 0 Å². The monoisotopic (exact) mass is 194 g/mol. The van der Waals surface area contributed by atoms with Crippen molar-refractivity contribution in [3.05, 3.63) is 17.5 Å². The highest BCUT2D eigenvalue weighted by Gasteiger charge is 2.08. The summed E-state index contributed by atoms with van der Waals surface area (Å²) in [6, 6.07) is 2.00. The third kappa shape index (κ3) is 2.69. The second kappa shape index (κ2) is 4.94. The van der Waals surface area contributed by atoms with E-state index in [2.05, 4.69) is 5.10 Å². The van der Waals surface area contributed by atoms with E-state index < -0.39 is 0 Å². The Labute approximate surface area is 85.1 Å². The van der Waals surface area contributed by atoms with Crippen molar-refractivity contribution in [2.75, 3.05) is 0 Å². The standard InChI is InChI=1S/C11H18N2O/c1-4-6-11(14)8-10-7-9(3)12-13(10)5-2/h7H,4-6,8H2,1-3H3. The molecule has 14 heavy (non-hydrogen) atoms. The zero-order chi connectivity index (χ0) is 10.6. The van der Waals surface area contributed by atoms with Crippen LogP contribution in [0.15, 0.2) is 6.07 Å². The first-order valence-corrected chi connectivity index (χ1v) is 5.22. The SMILES string of the molecule is CCCC(=O)Cc1cc(C)nn1CC. The molecule has 0 fully saturated rings. The quantitative estimate of drug-likeness (QED) is 0.719. The number of hydrogen-bond donors (Lipinski definition) is 0. The minimum absolute atomic E-state index is 0.308. The van der Waals surface area contributed by atoms with Gasteiger partial charge >= 0.3 is 0 Å². The summed E-state index contributed by atoms with van der Waals surface area (Å²) in [5.74, 6) is 0.308. The van der Waals surface area contributed by atoms with Crippen LogP contribution in [0.1, 0.15) is 38.1 Å². The molecule has 0 bridgehead atoms. The normalized spacial score (nSPS) is 10.5. The maximum absolute atomic E-state index is 11.4. The lowest BCUT2D eigenvalue weighted by atomic mass is 10.1. The van der Waals surface area contributed by atoms with Gasteiger partial charge in [-0.25, -0.2) is 0 Å². The van der Waals surface area contributed by atoms with Gasteiger partial charge in [0.1, 0.15) is 5.78 Å². The van der Waals surface area contributed by atoms with Gasteiger partial charge in [0, 0.05) is 25.1 Å². The van der Waals surface area contributed by atoms with Crippen molar-refractivity contribution in [2.45, 2.75) is 46.6 Å². The van der Waals surface area contributed by atoms with Crippen LogP contribution in [0.4, 0.5) is 0 Å². The fraction of sp³-hybridized carbons (Fsp3) is 0.636. The second-order valence-electron chi connectivity index (χ2n) is 3.56. The molecule has 0 amide bonds. The van der Waals surface area contributed by atoms with Crippen LogP contribution >= 0.6 is 0 Å². The number of rotatable bonds is 5. The van der Waals surface area contributed by atoms with Gasteiger partial charge in [0.2, 0.25) is 0 Å². The molecule has 0 unspecified atom stereocenters. The van der Waals surface area contributed by atoms with Crippen molar-refractivity contribution in [3.8, 4) is 0 Å². The second-order valence-corrected chi connectivity index (χ2v) is 3.56. The number of ketones is 1. The van der Waals surface area contributed by atoms with Gasteiger partial charge in [0.15, 0.2) is 0 Å². The fourth-order valence-corrected chi connectivity index (χ4v) is 1.58. The molecule has 0 saturated carbocycles. The predicted molar refractivity (Wildman–Crippen MR) is 56.3 cm³/mol. The molecule has 78 valence electrons. The van der Waals surface area contributed by atoms with Gasteiger partial charge in [-0.2, -0.15) is 5.10 Å². The van der Waals surface area contributed by atoms with E-state index in [1.54, 1.807) is 0 Å². The molecular weight excluding hydrogens is 176 g/mol. The first kappa shape index (κ1) is 11.0. The van der Waals surface area contributed by atoms with Crippen LogP contribution in [0.3, 0.4) is 0 Å². The summed E-state index contributed by atoms with van der Waals surface area (Å²) in [5, 5.41) is 4.31. The largest absolute Gasteiger partial charge is 0.299 e. The lowest BCUT2D eigenvalue weighted by Crippen LogP contribution is -2.08. The molecule has 0 saturated heterocycles. The number of aryl methyl sites for hydroxylation is 2. The minimum Gasteiger partial charge on any atom is -0.299 e. The summed E-state index contributed by atoms with van der Waals surface area (Å²) >= 11 is 0. The summed E-state index contributed by atoms with van der Waals surface area (Å²) in [4.78, 5) is 11.4. The molecule has 0 aliphatic carbocycles. The van der Waals surface area contributed by atoms with E-state index in [1.807, 2.05) is 31.5 Å². The number of nitrogens with zero attached hydrogens (tertiary/aromatic N) is 2. The highest BCUT2D eigenvalue weighted by molar-refractivity contribution is 5.80. The molecule has 3 heteroatoms. The Morgan fingerprint density at radius 1 is 1.50 bits per heavy atom. The van der Waals surface area contributed by atoms with Crippen LogP contribution in [0.5, 0.6) is 0 Å². The third-order valence-electron chi connectivity index (χ3n) is 2.19. The van der Waals surface area contributed by atoms with Crippen molar-refractivity contribution >= 4 is 5.78 Å². The molecule has 0 aromatic carbocycles. The number of carbonyl (C=O) groups is 1. The first-order valence-electron chi connectivity index (χ1n) is 5.22. The molecule has 0 aliphatic rings. The molecule has 1 rings (SSSR count). The molecule has 1 heterocycles. The van der Waals surface area contributed by atoms with Crippen LogP contribution in [-0.2, 0) is 17.8 Å². The molecule has 3 nitrogen and oxygen atoms in total. The van der Waals surface area contributed by atoms with E-state index in [1.165, 1.54) is 0 Å². The van der Waals surface area contributed by atoms with Gasteiger partial charge in [-0.15, -0.1) is 0 Å². The minimum atomic E-state index is 0.308. The van der Waals surface area contributed by atoms with E-state index in [9.17, 15) is 4.79 Å². The molecule has 0 atom stereocenters. The van der Waals surface area contributed by atoms with Gasteiger partial charge in [0.25, 0.3) is 0 Å². The zero-order valence-electron chi connectivity index (χ0n) is 9.21. The van der Waals surface area contributed by atoms with Gasteiger partial charge in [-0.1, -0.05) is 6.92 Å². The van der Waals surface area contributed by atoms with Crippen molar-refractivity contribution in [1.29, 1.82) is 0 Å². The van der Waals surface area contributed by atoms with Crippen LogP contribution in [0, 0.1) is 6.92 Å². The van der Waals surface area contributed by atoms with Crippen molar-refractivity contribution in [1.82, 2.24) is 9.78 Å². The van der Waals surface area contributed by atoms with Gasteiger partial charge in [-0.3, -0.25) is 9.48 Å². The Kier molecular flexibility index (Phi) is 3.86. The topological polar surface area (TPSA) is 34.9 Å². The van der Waals surface area contributed by atoms with Gasteiger partial charge in [0.05, 0.1) is 5.69 Å². The molecule has 1 aromatic rings. The summed E-state index contributed by atoms with van der Waals surface area (Å²) in [6.07, 6.45) is 2.13. The van der Waals surface area contributed by atoms with E-state index in [-0.39, 0.29) is 0 Å². The smallest absolute Gasteiger partial charge is 0.138 e. The van der Waals surface area contributed by atoms with Crippen molar-refractivity contribution < 1.29 is 4.79 Å². The zero-order valence-corrected chi connectivity index (χ0v) is 9.21. The Hall–Kier alpha value is -1.12. The molecule has 0 N–H and O–H groups in total. The summed E-state index contributed by atoms with van der Waals surface area (Å²) in [7, 11) is 0. The Bertz CT molecular complexity index is 315. The maximum Gasteiger partial charge on any atom is 0.138 e. The lowest BCUT2D eigenvalue weighted by Gasteiger charge is -2.02. The molecule has 0 radical (unpaired) electrons. The van der Waals surface area contributed by atoms with Gasteiger partial charge < -0.3 is 0 Å². The lowest BCUT2D eigenvalue weighted by molar-refractivity contribution is -0.118. The summed E-state index contributed by atoms with van der Waals surface area (Å²) in [5.41, 5.74) is 2.04. The van der Waals surface area contributed by atoms with Crippen LogP contribution in [0.2, 0.25) is 0 Å². The highest BCUT2D eigenvalue weighted by Crippen LogP contribution is 2.06. The molecule has 0 aliphatic heterocycles. The predicted octanol–water partition coefficient (Wildman–Crippen LogP) is 2.12. The Morgan fingerprint density at radius 2 is 2.21 bits per heavy atom. The average molecular weight is 194 g/mol. The number of carbonyl (C=O) groups excluding carboxylic acids is 1. The van der Waals surface area contributed by atoms with Crippen LogP contribution in [-0.4, -0.2) is 15.6 Å². The molecular formula is C11H18N2O. The van der Waals surface area contributed by atoms with Crippen molar-refractivity contribution in [3.63, 3.8) is 0 Å². The number of Topliss-reactive ketones (excluding diaryl/α,β-unsaturated/α-hetero) is 1. The van der Waals surface area contributed by atoms with E-state index in [0.717, 1.165) is 24.4 Å². The van der Waals surface area contributed by atoms with Crippen LogP contribution < -0.4 is 0 Å². The third-order valence-corrected chi connectivity index (χ3v) is 2.19. The van der Waals surface area contributed by atoms with E-state index in [0.29, 0.717) is 18.6 Å². The Morgan fingerprint density at radius 3 is 2.79 bits per heavy atom. The fourth-order valence-electron chi connectivity index (χ4n) is 1.58. The van der Waals surface area contributed by atoms with Crippen LogP contribution in [0.25, 0.3) is 0 Å². The highest BCUT2D eigenvalue weighted by atomic mass is 16.1. The van der Waals surface area contributed by atoms with Crippen molar-refractivity contribution in [2.24, 2.45) is 0 Å². The molecule has 0 spiro atoms. The maximum atomic E-state index is 11.4. The number of aromatic nitrogens is 2. The van der Waals surface area contributed by atoms with E-state index >= 15 is 0 Å². The van der Waals surface area contributed by atoms with Gasteiger partial charge in [-0.05, 0) is 26.3 Å². The number of hydrogen-bond acceptors (Lipinski definition) is 2. The summed E-state index contributed by atoms with van der Waals surface area (Å²) in [6.45, 7) is 6.86. The first-order chi connectivity index (χ1) is 6.67. The Balaban J connectivity index is 2.70. The summed E-state index contributed by atoms with van der Waals surface area (Å²) < 4.78 is 1.91. The molecule has 1 aromatic heterocycles. The average Bonchev–Trinajstić information content (AvgIpc) is 2.46.